The second-order valence-corrected chi connectivity index (χ2v) is 5.15. The summed E-state index contributed by atoms with van der Waals surface area (Å²) in [4.78, 5) is 0. The third-order valence-electron chi connectivity index (χ3n) is 3.66. The molecular weight excluding hydrogens is 265 g/mol. The second kappa shape index (κ2) is 6.06. The third kappa shape index (κ3) is 2.95. The van der Waals surface area contributed by atoms with Crippen LogP contribution < -0.4 is 5.32 Å². The smallest absolute Gasteiger partial charge is 0.123 e. The molecule has 1 aliphatic rings. The number of nitrogens with one attached hydrogen (secondary N) is 2. The molecule has 0 radical (unpaired) electrons. The van der Waals surface area contributed by atoms with Crippen molar-refractivity contribution in [1.82, 2.24) is 15.5 Å². The minimum atomic E-state index is -0.225. The normalized spacial score (nSPS) is 18.3. The van der Waals surface area contributed by atoms with Crippen molar-refractivity contribution in [2.24, 2.45) is 0 Å². The molecule has 0 fully saturated rings. The van der Waals surface area contributed by atoms with E-state index in [0.29, 0.717) is 0 Å². The van der Waals surface area contributed by atoms with Crippen LogP contribution in [0.2, 0.25) is 0 Å². The number of halogens is 1. The monoisotopic (exact) mass is 283 g/mol. The quantitative estimate of drug-likeness (QED) is 0.907. The molecule has 1 aromatic heterocycles. The molecule has 2 N–H and O–H groups in total. The number of H-pyrrole nitrogens is 1. The van der Waals surface area contributed by atoms with Crippen molar-refractivity contribution in [1.29, 1.82) is 0 Å². The molecule has 1 aliphatic carbocycles. The van der Waals surface area contributed by atoms with Gasteiger partial charge in [0.25, 0.3) is 0 Å². The lowest BCUT2D eigenvalue weighted by Crippen LogP contribution is -2.09. The van der Waals surface area contributed by atoms with Crippen LogP contribution in [0.1, 0.15) is 17.7 Å². The highest BCUT2D eigenvalue weighted by Gasteiger charge is 2.14. The van der Waals surface area contributed by atoms with Crippen molar-refractivity contribution < 1.29 is 4.39 Å². The van der Waals surface area contributed by atoms with Gasteiger partial charge in [-0.3, -0.25) is 5.10 Å². The molecular formula is C17H18FN3. The van der Waals surface area contributed by atoms with Crippen molar-refractivity contribution in [2.75, 3.05) is 13.6 Å². The summed E-state index contributed by atoms with van der Waals surface area (Å²) in [5, 5.41) is 10.7. The summed E-state index contributed by atoms with van der Waals surface area (Å²) in [5.74, 6) is -0.225. The van der Waals surface area contributed by atoms with Gasteiger partial charge in [0.2, 0.25) is 0 Å². The van der Waals surface area contributed by atoms with Gasteiger partial charge < -0.3 is 5.32 Å². The third-order valence-corrected chi connectivity index (χ3v) is 3.66. The molecule has 2 aromatic rings. The van der Waals surface area contributed by atoms with E-state index in [-0.39, 0.29) is 5.82 Å². The van der Waals surface area contributed by atoms with Crippen LogP contribution in [0.3, 0.4) is 0 Å². The number of hydrogen-bond donors (Lipinski definition) is 2. The van der Waals surface area contributed by atoms with Gasteiger partial charge in [0, 0.05) is 17.7 Å². The number of aromatic amines is 1. The average molecular weight is 283 g/mol. The molecule has 0 spiro atoms. The largest absolute Gasteiger partial charge is 0.316 e. The Morgan fingerprint density at radius 1 is 1.24 bits per heavy atom. The molecule has 3 nitrogen and oxygen atoms in total. The lowest BCUT2D eigenvalue weighted by Gasteiger charge is -2.08. The van der Waals surface area contributed by atoms with E-state index in [4.69, 9.17) is 0 Å². The minimum absolute atomic E-state index is 0.225. The SMILES string of the molecule is CNCC1=C/CCc2c(-c3ccc(F)cc3)n[nH]c2/C=C\1. The number of likely N-dealkylation sites (N-methyl/N-ethyl adjacent to an activating group) is 1. The lowest BCUT2D eigenvalue weighted by atomic mass is 9.98. The molecule has 0 atom stereocenters. The van der Waals surface area contributed by atoms with E-state index in [2.05, 4.69) is 33.7 Å². The van der Waals surface area contributed by atoms with E-state index in [9.17, 15) is 4.39 Å². The van der Waals surface area contributed by atoms with Gasteiger partial charge in [0.15, 0.2) is 0 Å². The maximum Gasteiger partial charge on any atom is 0.123 e. The average Bonchev–Trinajstić information content (AvgIpc) is 2.85. The zero-order valence-corrected chi connectivity index (χ0v) is 12.0. The number of hydrogen-bond acceptors (Lipinski definition) is 2. The Morgan fingerprint density at radius 2 is 2.05 bits per heavy atom. The predicted molar refractivity (Wildman–Crippen MR) is 83.3 cm³/mol. The fourth-order valence-electron chi connectivity index (χ4n) is 2.61. The van der Waals surface area contributed by atoms with Gasteiger partial charge in [-0.1, -0.05) is 12.2 Å². The van der Waals surface area contributed by atoms with E-state index < -0.39 is 0 Å². The number of rotatable bonds is 3. The van der Waals surface area contributed by atoms with Gasteiger partial charge in [-0.05, 0) is 55.8 Å². The Morgan fingerprint density at radius 3 is 2.81 bits per heavy atom. The summed E-state index contributed by atoms with van der Waals surface area (Å²) in [6.07, 6.45) is 8.33. The summed E-state index contributed by atoms with van der Waals surface area (Å²) in [6.45, 7) is 0.866. The maximum absolute atomic E-state index is 13.0. The summed E-state index contributed by atoms with van der Waals surface area (Å²) in [6, 6.07) is 6.49. The fraction of sp³-hybridized carbons (Fsp3) is 0.235. The Bertz CT molecular complexity index is 681. The molecule has 0 unspecified atom stereocenters. The van der Waals surface area contributed by atoms with Gasteiger partial charge in [-0.15, -0.1) is 0 Å². The molecule has 0 aliphatic heterocycles. The summed E-state index contributed by atoms with van der Waals surface area (Å²) < 4.78 is 13.0. The van der Waals surface area contributed by atoms with Crippen LogP contribution >= 0.6 is 0 Å². The number of benzene rings is 1. The van der Waals surface area contributed by atoms with Crippen molar-refractivity contribution in [3.05, 3.63) is 59.1 Å². The van der Waals surface area contributed by atoms with E-state index in [1.165, 1.54) is 23.3 Å². The summed E-state index contributed by atoms with van der Waals surface area (Å²) in [5.41, 5.74) is 5.37. The van der Waals surface area contributed by atoms with Gasteiger partial charge in [-0.2, -0.15) is 5.10 Å². The molecule has 0 amide bonds. The molecule has 1 heterocycles. The Balaban J connectivity index is 1.94. The van der Waals surface area contributed by atoms with Crippen molar-refractivity contribution in [3.8, 4) is 11.3 Å². The number of aromatic nitrogens is 2. The number of fused-ring (bicyclic) bond motifs is 1. The van der Waals surface area contributed by atoms with E-state index >= 15 is 0 Å². The first kappa shape index (κ1) is 13.8. The fourth-order valence-corrected chi connectivity index (χ4v) is 2.61. The standard InChI is InChI=1S/C17H18FN3/c1-19-11-12-3-2-4-15-16(10-5-12)20-21-17(15)13-6-8-14(18)9-7-13/h3,5-10,19H,2,4,11H2,1H3,(H,20,21)/b10-5-,12-3+. The highest BCUT2D eigenvalue weighted by atomic mass is 19.1. The molecule has 3 rings (SSSR count). The molecule has 0 saturated heterocycles. The van der Waals surface area contributed by atoms with E-state index in [0.717, 1.165) is 36.3 Å². The topological polar surface area (TPSA) is 40.7 Å². The molecule has 108 valence electrons. The van der Waals surface area contributed by atoms with Gasteiger partial charge >= 0.3 is 0 Å². The van der Waals surface area contributed by atoms with Crippen LogP contribution in [0.15, 0.2) is 42.0 Å². The summed E-state index contributed by atoms with van der Waals surface area (Å²) in [7, 11) is 1.95. The van der Waals surface area contributed by atoms with Gasteiger partial charge in [0.1, 0.15) is 5.82 Å². The van der Waals surface area contributed by atoms with Crippen LogP contribution in [0.5, 0.6) is 0 Å². The number of nitrogens with zero attached hydrogens (tertiary/aromatic N) is 1. The Labute approximate surface area is 123 Å². The molecule has 4 heteroatoms. The van der Waals surface area contributed by atoms with Crippen molar-refractivity contribution >= 4 is 6.08 Å². The first-order chi connectivity index (χ1) is 10.3. The summed E-state index contributed by atoms with van der Waals surface area (Å²) >= 11 is 0. The van der Waals surface area contributed by atoms with Gasteiger partial charge in [0.05, 0.1) is 11.4 Å². The maximum atomic E-state index is 13.0. The zero-order chi connectivity index (χ0) is 14.7. The molecule has 0 saturated carbocycles. The number of allylic oxidation sites excluding steroid dienone is 1. The van der Waals surface area contributed by atoms with Crippen molar-refractivity contribution in [2.45, 2.75) is 12.8 Å². The molecule has 0 bridgehead atoms. The van der Waals surface area contributed by atoms with E-state index in [1.807, 2.05) is 7.05 Å². The van der Waals surface area contributed by atoms with Crippen LogP contribution in [0.4, 0.5) is 4.39 Å². The molecule has 1 aromatic carbocycles. The van der Waals surface area contributed by atoms with Crippen LogP contribution in [0, 0.1) is 5.82 Å². The first-order valence-electron chi connectivity index (χ1n) is 7.13. The highest BCUT2D eigenvalue weighted by Crippen LogP contribution is 2.27. The van der Waals surface area contributed by atoms with E-state index in [1.54, 1.807) is 12.1 Å². The van der Waals surface area contributed by atoms with Crippen molar-refractivity contribution in [3.63, 3.8) is 0 Å². The van der Waals surface area contributed by atoms with Gasteiger partial charge in [-0.25, -0.2) is 4.39 Å². The second-order valence-electron chi connectivity index (χ2n) is 5.15. The lowest BCUT2D eigenvalue weighted by molar-refractivity contribution is 0.628. The van der Waals surface area contributed by atoms with Crippen LogP contribution in [0.25, 0.3) is 17.3 Å². The first-order valence-corrected chi connectivity index (χ1v) is 7.13. The highest BCUT2D eigenvalue weighted by molar-refractivity contribution is 5.69. The Hall–Kier alpha value is -2.20. The van der Waals surface area contributed by atoms with Crippen LogP contribution in [-0.4, -0.2) is 23.8 Å². The van der Waals surface area contributed by atoms with Crippen LogP contribution in [-0.2, 0) is 6.42 Å². The molecule has 21 heavy (non-hydrogen) atoms. The minimum Gasteiger partial charge on any atom is -0.316 e. The predicted octanol–water partition coefficient (Wildman–Crippen LogP) is 3.32. The zero-order valence-electron chi connectivity index (χ0n) is 12.0. The Kier molecular flexibility index (Phi) is 3.97.